The van der Waals surface area contributed by atoms with Crippen LogP contribution in [0.25, 0.3) is 0 Å². The van der Waals surface area contributed by atoms with Gasteiger partial charge in [-0.2, -0.15) is 0 Å². The second-order valence-corrected chi connectivity index (χ2v) is 6.15. The van der Waals surface area contributed by atoms with Crippen molar-refractivity contribution in [2.24, 2.45) is 0 Å². The molecule has 4 heteroatoms. The van der Waals surface area contributed by atoms with Crippen LogP contribution in [-0.2, 0) is 9.53 Å². The summed E-state index contributed by atoms with van der Waals surface area (Å²) in [4.78, 5) is 13.8. The third kappa shape index (κ3) is 10.1. The van der Waals surface area contributed by atoms with E-state index < -0.39 is 0 Å². The Balaban J connectivity index is 0.00000400. The minimum Gasteiger partial charge on any atom is -0.446 e. The first kappa shape index (κ1) is 20.7. The summed E-state index contributed by atoms with van der Waals surface area (Å²) in [5.74, 6) is -0.00769. The van der Waals surface area contributed by atoms with Gasteiger partial charge in [0.25, 0.3) is 0 Å². The van der Waals surface area contributed by atoms with Crippen molar-refractivity contribution in [3.8, 4) is 0 Å². The smallest absolute Gasteiger partial charge is 0.307 e. The molecule has 126 valence electrons. The number of unbranched alkanes of at least 4 members (excludes halogenated alkanes) is 8. The molecule has 1 heterocycles. The lowest BCUT2D eigenvalue weighted by Crippen LogP contribution is -2.29. The Labute approximate surface area is 137 Å². The van der Waals surface area contributed by atoms with E-state index in [0.717, 1.165) is 25.8 Å². The Morgan fingerprint density at radius 1 is 1.05 bits per heavy atom. The molecule has 1 aliphatic heterocycles. The topological polar surface area (TPSA) is 29.5 Å². The second kappa shape index (κ2) is 13.4. The van der Waals surface area contributed by atoms with Crippen LogP contribution in [0, 0.1) is 0 Å². The fourth-order valence-corrected chi connectivity index (χ4v) is 2.82. The average Bonchev–Trinajstić information content (AvgIpc) is 2.82. The van der Waals surface area contributed by atoms with Crippen LogP contribution in [0.1, 0.15) is 84.0 Å². The van der Waals surface area contributed by atoms with Gasteiger partial charge in [0.2, 0.25) is 0 Å². The fraction of sp³-hybridized carbons (Fsp3) is 0.941. The molecule has 1 rings (SSSR count). The monoisotopic (exact) mass is 319 g/mol. The second-order valence-electron chi connectivity index (χ2n) is 6.15. The Hall–Kier alpha value is -0.280. The Morgan fingerprint density at radius 3 is 2.14 bits per heavy atom. The number of carbonyl (C=O) groups excluding carboxylic acids is 1. The summed E-state index contributed by atoms with van der Waals surface area (Å²) in [6.45, 7) is 3.30. The van der Waals surface area contributed by atoms with Crippen molar-refractivity contribution in [3.05, 3.63) is 0 Å². The lowest BCUT2D eigenvalue weighted by Gasteiger charge is -2.19. The zero-order valence-corrected chi connectivity index (χ0v) is 14.8. The fourth-order valence-electron chi connectivity index (χ4n) is 2.82. The van der Waals surface area contributed by atoms with Gasteiger partial charge in [0.15, 0.2) is 6.23 Å². The van der Waals surface area contributed by atoms with Crippen LogP contribution in [-0.4, -0.2) is 30.7 Å². The standard InChI is InChI=1S/C17H33NO2.ClH/c1-3-4-5-6-7-8-9-10-11-14-17(19)20-16-13-12-15-18(16)2;/h16H,3-15H2,1-2H3;1H. The predicted molar refractivity (Wildman–Crippen MR) is 90.8 cm³/mol. The van der Waals surface area contributed by atoms with Crippen LogP contribution < -0.4 is 0 Å². The van der Waals surface area contributed by atoms with Crippen molar-refractivity contribution < 1.29 is 9.53 Å². The van der Waals surface area contributed by atoms with E-state index in [2.05, 4.69) is 11.8 Å². The first-order chi connectivity index (χ1) is 9.74. The molecule has 0 aromatic rings. The summed E-state index contributed by atoms with van der Waals surface area (Å²) in [6.07, 6.45) is 14.4. The van der Waals surface area contributed by atoms with Crippen molar-refractivity contribution >= 4 is 18.4 Å². The van der Waals surface area contributed by atoms with Gasteiger partial charge in [-0.25, -0.2) is 0 Å². The molecular formula is C17H34ClNO2. The number of carbonyl (C=O) groups is 1. The molecule has 0 aromatic carbocycles. The summed E-state index contributed by atoms with van der Waals surface area (Å²) in [5.41, 5.74) is 0. The van der Waals surface area contributed by atoms with Crippen molar-refractivity contribution in [3.63, 3.8) is 0 Å². The van der Waals surface area contributed by atoms with E-state index in [0.29, 0.717) is 6.42 Å². The summed E-state index contributed by atoms with van der Waals surface area (Å²) in [5, 5.41) is 0. The van der Waals surface area contributed by atoms with Gasteiger partial charge >= 0.3 is 5.97 Å². The van der Waals surface area contributed by atoms with Crippen molar-refractivity contribution in [2.45, 2.75) is 90.2 Å². The maximum atomic E-state index is 11.7. The van der Waals surface area contributed by atoms with Gasteiger partial charge < -0.3 is 4.74 Å². The summed E-state index contributed by atoms with van der Waals surface area (Å²) in [6, 6.07) is 0. The molecule has 1 atom stereocenters. The molecule has 0 radical (unpaired) electrons. The summed E-state index contributed by atoms with van der Waals surface area (Å²) in [7, 11) is 2.03. The number of nitrogens with zero attached hydrogens (tertiary/aromatic N) is 1. The number of esters is 1. The van der Waals surface area contributed by atoms with E-state index in [1.165, 1.54) is 51.4 Å². The van der Waals surface area contributed by atoms with E-state index in [-0.39, 0.29) is 24.6 Å². The van der Waals surface area contributed by atoms with Crippen molar-refractivity contribution in [1.29, 1.82) is 0 Å². The third-order valence-electron chi connectivity index (χ3n) is 4.21. The number of hydrogen-bond donors (Lipinski definition) is 0. The van der Waals surface area contributed by atoms with Gasteiger partial charge in [-0.15, -0.1) is 12.4 Å². The zero-order valence-electron chi connectivity index (χ0n) is 13.9. The van der Waals surface area contributed by atoms with Crippen LogP contribution in [0.4, 0.5) is 0 Å². The first-order valence-electron chi connectivity index (χ1n) is 8.63. The normalized spacial score (nSPS) is 18.5. The number of likely N-dealkylation sites (tertiary alicyclic amines) is 1. The third-order valence-corrected chi connectivity index (χ3v) is 4.21. The number of halogens is 1. The van der Waals surface area contributed by atoms with E-state index in [9.17, 15) is 4.79 Å². The maximum Gasteiger partial charge on any atom is 0.307 e. The highest BCUT2D eigenvalue weighted by atomic mass is 35.5. The molecule has 21 heavy (non-hydrogen) atoms. The first-order valence-corrected chi connectivity index (χ1v) is 8.63. The van der Waals surface area contributed by atoms with Crippen molar-refractivity contribution in [1.82, 2.24) is 4.90 Å². The zero-order chi connectivity index (χ0) is 14.6. The van der Waals surface area contributed by atoms with Crippen LogP contribution in [0.2, 0.25) is 0 Å². The Kier molecular flexibility index (Phi) is 13.2. The molecule has 0 saturated carbocycles. The van der Waals surface area contributed by atoms with Gasteiger partial charge in [0, 0.05) is 13.0 Å². The van der Waals surface area contributed by atoms with E-state index in [4.69, 9.17) is 4.74 Å². The van der Waals surface area contributed by atoms with Crippen molar-refractivity contribution in [2.75, 3.05) is 13.6 Å². The highest BCUT2D eigenvalue weighted by Gasteiger charge is 2.23. The molecular weight excluding hydrogens is 286 g/mol. The molecule has 0 aliphatic carbocycles. The molecule has 0 amide bonds. The molecule has 1 saturated heterocycles. The summed E-state index contributed by atoms with van der Waals surface area (Å²) >= 11 is 0. The van der Waals surface area contributed by atoms with Gasteiger partial charge in [-0.3, -0.25) is 9.69 Å². The lowest BCUT2D eigenvalue weighted by molar-refractivity contribution is -0.155. The SMILES string of the molecule is CCCCCCCCCCCC(=O)OC1CCCN1C.Cl. The van der Waals surface area contributed by atoms with Gasteiger partial charge in [0.1, 0.15) is 0 Å². The van der Waals surface area contributed by atoms with Gasteiger partial charge in [0.05, 0.1) is 0 Å². The predicted octanol–water partition coefficient (Wildman–Crippen LogP) is 4.92. The molecule has 0 aromatic heterocycles. The van der Waals surface area contributed by atoms with E-state index in [1.807, 2.05) is 7.05 Å². The Morgan fingerprint density at radius 2 is 1.62 bits per heavy atom. The van der Waals surface area contributed by atoms with Crippen LogP contribution in [0.3, 0.4) is 0 Å². The number of ether oxygens (including phenoxy) is 1. The average molecular weight is 320 g/mol. The van der Waals surface area contributed by atoms with Crippen LogP contribution in [0.5, 0.6) is 0 Å². The van der Waals surface area contributed by atoms with E-state index in [1.54, 1.807) is 0 Å². The quantitative estimate of drug-likeness (QED) is 0.400. The molecule has 0 bridgehead atoms. The molecule has 0 spiro atoms. The maximum absolute atomic E-state index is 11.7. The van der Waals surface area contributed by atoms with Crippen LogP contribution in [0.15, 0.2) is 0 Å². The number of hydrogen-bond acceptors (Lipinski definition) is 3. The number of rotatable bonds is 11. The highest BCUT2D eigenvalue weighted by Crippen LogP contribution is 2.17. The molecule has 0 N–H and O–H groups in total. The molecule has 1 aliphatic rings. The molecule has 1 fully saturated rings. The Bertz CT molecular complexity index is 261. The largest absolute Gasteiger partial charge is 0.446 e. The van der Waals surface area contributed by atoms with Gasteiger partial charge in [-0.05, 0) is 26.3 Å². The molecule has 3 nitrogen and oxygen atoms in total. The van der Waals surface area contributed by atoms with Crippen LogP contribution >= 0.6 is 12.4 Å². The highest BCUT2D eigenvalue weighted by molar-refractivity contribution is 5.85. The lowest BCUT2D eigenvalue weighted by atomic mass is 10.1. The molecule has 1 unspecified atom stereocenters. The van der Waals surface area contributed by atoms with Gasteiger partial charge in [-0.1, -0.05) is 58.3 Å². The minimum absolute atomic E-state index is 0. The minimum atomic E-state index is -0.00769. The van der Waals surface area contributed by atoms with E-state index >= 15 is 0 Å². The summed E-state index contributed by atoms with van der Waals surface area (Å²) < 4.78 is 5.48.